The van der Waals surface area contributed by atoms with Gasteiger partial charge in [-0.25, -0.2) is 0 Å². The number of hydrogen-bond acceptors (Lipinski definition) is 2. The predicted molar refractivity (Wildman–Crippen MR) is 81.3 cm³/mol. The average molecular weight is 329 g/mol. The van der Waals surface area contributed by atoms with Gasteiger partial charge in [0.1, 0.15) is 0 Å². The van der Waals surface area contributed by atoms with Gasteiger partial charge in [-0.2, -0.15) is 5.26 Å². The molecule has 1 N–H and O–H groups in total. The number of rotatable bonds is 2. The Morgan fingerprint density at radius 3 is 2.68 bits per heavy atom. The lowest BCUT2D eigenvalue weighted by molar-refractivity contribution is 1.23. The molecule has 0 saturated heterocycles. The number of fused-ring (bicyclic) bond motifs is 1. The minimum Gasteiger partial charge on any atom is -0.349 e. The summed E-state index contributed by atoms with van der Waals surface area (Å²) in [5.74, 6) is 0. The van der Waals surface area contributed by atoms with E-state index in [9.17, 15) is 0 Å². The molecule has 0 amide bonds. The third kappa shape index (κ3) is 2.53. The number of H-pyrrole nitrogens is 1. The second-order valence-electron chi connectivity index (χ2n) is 4.08. The first-order valence-corrected chi connectivity index (χ1v) is 7.32. The Hall–Kier alpha value is -1.70. The van der Waals surface area contributed by atoms with Crippen molar-refractivity contribution in [1.82, 2.24) is 4.98 Å². The average Bonchev–Trinajstić information content (AvgIpc) is 2.83. The third-order valence-electron chi connectivity index (χ3n) is 2.79. The van der Waals surface area contributed by atoms with E-state index in [0.717, 1.165) is 19.9 Å². The molecule has 0 aliphatic carbocycles. The highest BCUT2D eigenvalue weighted by Crippen LogP contribution is 2.34. The minimum absolute atomic E-state index is 0.660. The van der Waals surface area contributed by atoms with Crippen LogP contribution in [-0.4, -0.2) is 4.98 Å². The highest BCUT2D eigenvalue weighted by atomic mass is 79.9. The number of para-hydroxylation sites is 1. The van der Waals surface area contributed by atoms with Crippen molar-refractivity contribution in [2.45, 2.75) is 9.92 Å². The lowest BCUT2D eigenvalue weighted by Gasteiger charge is -2.02. The molecular formula is C15H9BrN2S. The molecule has 3 aromatic rings. The van der Waals surface area contributed by atoms with Crippen LogP contribution in [0.1, 0.15) is 5.56 Å². The molecule has 0 bridgehead atoms. The van der Waals surface area contributed by atoms with Crippen LogP contribution >= 0.6 is 27.7 Å². The summed E-state index contributed by atoms with van der Waals surface area (Å²) in [5.41, 5.74) is 1.79. The first-order valence-electron chi connectivity index (χ1n) is 5.71. The zero-order valence-electron chi connectivity index (χ0n) is 9.85. The molecule has 0 radical (unpaired) electrons. The Morgan fingerprint density at radius 2 is 1.95 bits per heavy atom. The van der Waals surface area contributed by atoms with Crippen molar-refractivity contribution < 1.29 is 0 Å². The van der Waals surface area contributed by atoms with Crippen molar-refractivity contribution in [2.24, 2.45) is 0 Å². The maximum absolute atomic E-state index is 8.85. The number of nitrogens with zero attached hydrogens (tertiary/aromatic N) is 1. The minimum atomic E-state index is 0.660. The monoisotopic (exact) mass is 328 g/mol. The molecular weight excluding hydrogens is 320 g/mol. The second-order valence-corrected chi connectivity index (χ2v) is 6.02. The fraction of sp³-hybridized carbons (Fsp3) is 0. The molecule has 0 atom stereocenters. The number of aromatic nitrogens is 1. The predicted octanol–water partition coefficient (Wildman–Crippen LogP) is 4.95. The molecule has 0 unspecified atom stereocenters. The summed E-state index contributed by atoms with van der Waals surface area (Å²) in [6.45, 7) is 0. The number of nitriles is 1. The van der Waals surface area contributed by atoms with Crippen LogP contribution in [0.5, 0.6) is 0 Å². The van der Waals surface area contributed by atoms with Crippen LogP contribution < -0.4 is 0 Å². The van der Waals surface area contributed by atoms with Crippen LogP contribution in [0.15, 0.2) is 62.9 Å². The zero-order valence-corrected chi connectivity index (χ0v) is 12.3. The first kappa shape index (κ1) is 12.3. The number of hydrogen-bond donors (Lipinski definition) is 1. The normalized spacial score (nSPS) is 10.5. The van der Waals surface area contributed by atoms with Gasteiger partial charge in [0.2, 0.25) is 0 Å². The number of halogens is 1. The SMILES string of the molecule is N#Cc1ccc(Sc2cc3ccccc3[nH]2)c(Br)c1. The molecule has 0 aliphatic rings. The van der Waals surface area contributed by atoms with E-state index in [1.165, 1.54) is 5.39 Å². The summed E-state index contributed by atoms with van der Waals surface area (Å²) >= 11 is 5.15. The zero-order chi connectivity index (χ0) is 13.2. The van der Waals surface area contributed by atoms with E-state index >= 15 is 0 Å². The number of benzene rings is 2. The van der Waals surface area contributed by atoms with E-state index in [4.69, 9.17) is 5.26 Å². The van der Waals surface area contributed by atoms with Crippen molar-refractivity contribution in [2.75, 3.05) is 0 Å². The van der Waals surface area contributed by atoms with Crippen molar-refractivity contribution in [3.8, 4) is 6.07 Å². The molecule has 1 heterocycles. The van der Waals surface area contributed by atoms with Crippen LogP contribution in [0.25, 0.3) is 10.9 Å². The fourth-order valence-electron chi connectivity index (χ4n) is 1.87. The van der Waals surface area contributed by atoms with E-state index in [2.05, 4.69) is 45.2 Å². The summed E-state index contributed by atoms with van der Waals surface area (Å²) in [7, 11) is 0. The van der Waals surface area contributed by atoms with Crippen LogP contribution in [0.3, 0.4) is 0 Å². The van der Waals surface area contributed by atoms with E-state index in [-0.39, 0.29) is 0 Å². The lowest BCUT2D eigenvalue weighted by atomic mass is 10.2. The summed E-state index contributed by atoms with van der Waals surface area (Å²) in [5, 5.41) is 11.1. The maximum atomic E-state index is 8.85. The summed E-state index contributed by atoms with van der Waals surface area (Å²) in [6, 6.07) is 18.1. The lowest BCUT2D eigenvalue weighted by Crippen LogP contribution is -1.79. The van der Waals surface area contributed by atoms with Gasteiger partial charge in [-0.3, -0.25) is 0 Å². The maximum Gasteiger partial charge on any atom is 0.0992 e. The van der Waals surface area contributed by atoms with Gasteiger partial charge in [-0.15, -0.1) is 0 Å². The Balaban J connectivity index is 1.94. The van der Waals surface area contributed by atoms with Crippen molar-refractivity contribution in [3.05, 3.63) is 58.6 Å². The van der Waals surface area contributed by atoms with Crippen molar-refractivity contribution >= 4 is 38.6 Å². The van der Waals surface area contributed by atoms with Gasteiger partial charge in [0.05, 0.1) is 16.7 Å². The Kier molecular flexibility index (Phi) is 3.33. The van der Waals surface area contributed by atoms with Crippen molar-refractivity contribution in [1.29, 1.82) is 5.26 Å². The largest absolute Gasteiger partial charge is 0.349 e. The molecule has 2 nitrogen and oxygen atoms in total. The highest BCUT2D eigenvalue weighted by molar-refractivity contribution is 9.10. The van der Waals surface area contributed by atoms with Crippen molar-refractivity contribution in [3.63, 3.8) is 0 Å². The Bertz CT molecular complexity index is 753. The molecule has 0 aliphatic heterocycles. The van der Waals surface area contributed by atoms with E-state index in [1.807, 2.05) is 30.3 Å². The van der Waals surface area contributed by atoms with Gasteiger partial charge in [0.15, 0.2) is 0 Å². The smallest absolute Gasteiger partial charge is 0.0992 e. The molecule has 1 aromatic heterocycles. The summed E-state index contributed by atoms with van der Waals surface area (Å²) < 4.78 is 0.940. The van der Waals surface area contributed by atoms with Gasteiger partial charge in [-0.1, -0.05) is 30.0 Å². The standard InChI is InChI=1S/C15H9BrN2S/c16-12-7-10(9-17)5-6-14(12)19-15-8-11-3-1-2-4-13(11)18-15/h1-8,18H. The van der Waals surface area contributed by atoms with Crippen LogP contribution in [-0.2, 0) is 0 Å². The second kappa shape index (κ2) is 5.12. The fourth-order valence-corrected chi connectivity index (χ4v) is 3.37. The number of nitrogens with one attached hydrogen (secondary N) is 1. The van der Waals surface area contributed by atoms with E-state index < -0.39 is 0 Å². The van der Waals surface area contributed by atoms with Gasteiger partial charge in [0.25, 0.3) is 0 Å². The highest BCUT2D eigenvalue weighted by Gasteiger charge is 2.06. The van der Waals surface area contributed by atoms with Crippen LogP contribution in [0.4, 0.5) is 0 Å². The molecule has 92 valence electrons. The molecule has 3 rings (SSSR count). The molecule has 4 heteroatoms. The van der Waals surface area contributed by atoms with Gasteiger partial charge in [-0.05, 0) is 46.3 Å². The summed E-state index contributed by atoms with van der Waals surface area (Å²) in [6.07, 6.45) is 0. The van der Waals surface area contributed by atoms with Gasteiger partial charge >= 0.3 is 0 Å². The Morgan fingerprint density at radius 1 is 1.11 bits per heavy atom. The topological polar surface area (TPSA) is 39.6 Å². The first-order chi connectivity index (χ1) is 9.26. The molecule has 0 saturated carbocycles. The molecule has 2 aromatic carbocycles. The van der Waals surface area contributed by atoms with Crippen LogP contribution in [0.2, 0.25) is 0 Å². The third-order valence-corrected chi connectivity index (χ3v) is 4.72. The molecule has 19 heavy (non-hydrogen) atoms. The number of aromatic amines is 1. The quantitative estimate of drug-likeness (QED) is 0.722. The van der Waals surface area contributed by atoms with Gasteiger partial charge in [0, 0.05) is 20.3 Å². The summed E-state index contributed by atoms with van der Waals surface area (Å²) in [4.78, 5) is 4.47. The van der Waals surface area contributed by atoms with Gasteiger partial charge < -0.3 is 4.98 Å². The van der Waals surface area contributed by atoms with Crippen LogP contribution in [0, 0.1) is 11.3 Å². The van der Waals surface area contributed by atoms with E-state index in [0.29, 0.717) is 5.56 Å². The Labute approximate surface area is 123 Å². The van der Waals surface area contributed by atoms with E-state index in [1.54, 1.807) is 11.8 Å². The molecule has 0 spiro atoms. The molecule has 0 fully saturated rings.